The molecule has 1 saturated heterocycles. The second kappa shape index (κ2) is 8.34. The van der Waals surface area contributed by atoms with E-state index >= 15 is 0 Å². The van der Waals surface area contributed by atoms with Crippen LogP contribution in [0.15, 0.2) is 57.7 Å². The topological polar surface area (TPSA) is 78.2 Å². The molecule has 0 radical (unpaired) electrons. The van der Waals surface area contributed by atoms with Crippen LogP contribution in [0.1, 0.15) is 30.9 Å². The van der Waals surface area contributed by atoms with Gasteiger partial charge < -0.3 is 23.5 Å². The van der Waals surface area contributed by atoms with Gasteiger partial charge in [-0.05, 0) is 48.7 Å². The summed E-state index contributed by atoms with van der Waals surface area (Å²) in [5, 5.41) is 0.798. The fraction of sp³-hybridized carbons (Fsp3) is 0.333. The third-order valence-electron chi connectivity index (χ3n) is 5.69. The fourth-order valence-corrected chi connectivity index (χ4v) is 4.16. The molecule has 0 saturated carbocycles. The molecule has 31 heavy (non-hydrogen) atoms. The summed E-state index contributed by atoms with van der Waals surface area (Å²) in [5.74, 6) is 1.90. The highest BCUT2D eigenvalue weighted by Gasteiger charge is 2.31. The predicted molar refractivity (Wildman–Crippen MR) is 114 cm³/mol. The van der Waals surface area contributed by atoms with E-state index in [0.29, 0.717) is 31.1 Å². The lowest BCUT2D eigenvalue weighted by molar-refractivity contribution is -0.134. The van der Waals surface area contributed by atoms with Crippen molar-refractivity contribution in [1.29, 1.82) is 0 Å². The Bertz CT molecular complexity index is 1170. The molecule has 2 aromatic carbocycles. The van der Waals surface area contributed by atoms with Crippen LogP contribution in [0.5, 0.6) is 17.2 Å². The van der Waals surface area contributed by atoms with Crippen LogP contribution in [0.2, 0.25) is 0 Å². The van der Waals surface area contributed by atoms with Gasteiger partial charge in [-0.3, -0.25) is 4.79 Å². The molecule has 3 aromatic rings. The summed E-state index contributed by atoms with van der Waals surface area (Å²) in [7, 11) is 0. The lowest BCUT2D eigenvalue weighted by Crippen LogP contribution is -2.34. The zero-order valence-electron chi connectivity index (χ0n) is 17.0. The van der Waals surface area contributed by atoms with Gasteiger partial charge in [-0.2, -0.15) is 0 Å². The smallest absolute Gasteiger partial charge is 0.336 e. The zero-order chi connectivity index (χ0) is 21.2. The second-order valence-electron chi connectivity index (χ2n) is 7.74. The summed E-state index contributed by atoms with van der Waals surface area (Å²) in [5.41, 5.74) is 1.06. The molecular formula is C24H23NO6. The molecule has 7 heteroatoms. The number of ether oxygens (including phenoxy) is 3. The van der Waals surface area contributed by atoms with Crippen molar-refractivity contribution in [3.05, 3.63) is 64.5 Å². The lowest BCUT2D eigenvalue weighted by atomic mass is 10.0. The van der Waals surface area contributed by atoms with Gasteiger partial charge in [-0.15, -0.1) is 0 Å². The molecule has 7 nitrogen and oxygen atoms in total. The number of amides is 1. The number of hydrogen-bond acceptors (Lipinski definition) is 6. The van der Waals surface area contributed by atoms with Crippen molar-refractivity contribution < 1.29 is 23.4 Å². The Hall–Kier alpha value is -3.48. The lowest BCUT2D eigenvalue weighted by Gasteiger charge is -2.25. The summed E-state index contributed by atoms with van der Waals surface area (Å²) < 4.78 is 22.4. The van der Waals surface area contributed by atoms with Crippen LogP contribution in [0.3, 0.4) is 0 Å². The number of fused-ring (bicyclic) bond motifs is 2. The molecule has 0 aliphatic carbocycles. The van der Waals surface area contributed by atoms with Crippen LogP contribution in [0.25, 0.3) is 11.0 Å². The first-order valence-electron chi connectivity index (χ1n) is 10.5. The number of likely N-dealkylation sites (tertiary alicyclic amines) is 1. The number of nitrogens with zero attached hydrogens (tertiary/aromatic N) is 1. The minimum atomic E-state index is -0.421. The summed E-state index contributed by atoms with van der Waals surface area (Å²) >= 11 is 0. The van der Waals surface area contributed by atoms with E-state index in [0.717, 1.165) is 41.7 Å². The maximum Gasteiger partial charge on any atom is 0.336 e. The molecule has 2 aliphatic rings. The fourth-order valence-electron chi connectivity index (χ4n) is 4.16. The average Bonchev–Trinajstić information content (AvgIpc) is 3.16. The molecule has 0 bridgehead atoms. The SMILES string of the molecule is O=C(COc1ccc2ccc(=O)oc2c1)N1CCCC1c1ccc2c(c1)OCCCO2. The van der Waals surface area contributed by atoms with Crippen molar-refractivity contribution in [2.45, 2.75) is 25.3 Å². The van der Waals surface area contributed by atoms with E-state index in [1.54, 1.807) is 24.3 Å². The molecule has 160 valence electrons. The maximum atomic E-state index is 12.9. The molecule has 0 spiro atoms. The van der Waals surface area contributed by atoms with Crippen LogP contribution < -0.4 is 19.8 Å². The summed E-state index contributed by atoms with van der Waals surface area (Å²) in [6.45, 7) is 1.89. The minimum absolute atomic E-state index is 0.0112. The van der Waals surface area contributed by atoms with E-state index in [9.17, 15) is 9.59 Å². The van der Waals surface area contributed by atoms with Crippen molar-refractivity contribution in [3.63, 3.8) is 0 Å². The van der Waals surface area contributed by atoms with Crippen molar-refractivity contribution >= 4 is 16.9 Å². The van der Waals surface area contributed by atoms with Crippen LogP contribution in [0, 0.1) is 0 Å². The Kier molecular flexibility index (Phi) is 5.24. The Morgan fingerprint density at radius 1 is 1.00 bits per heavy atom. The standard InChI is InChI=1S/C24H23NO6/c26-23(15-30-18-7-4-16-6-9-24(27)31-21(16)14-18)25-10-1-3-19(25)17-5-8-20-22(13-17)29-12-2-11-28-20/h4-9,13-14,19H,1-3,10-12,15H2. The molecule has 1 unspecified atom stereocenters. The highest BCUT2D eigenvalue weighted by molar-refractivity contribution is 5.80. The molecule has 2 aliphatic heterocycles. The van der Waals surface area contributed by atoms with E-state index in [1.807, 2.05) is 23.1 Å². The number of benzene rings is 2. The Morgan fingerprint density at radius 2 is 1.84 bits per heavy atom. The first kappa shape index (κ1) is 19.5. The molecular weight excluding hydrogens is 398 g/mol. The summed E-state index contributed by atoms with van der Waals surface area (Å²) in [6, 6.07) is 14.2. The van der Waals surface area contributed by atoms with E-state index in [4.69, 9.17) is 18.6 Å². The van der Waals surface area contributed by atoms with E-state index in [1.165, 1.54) is 6.07 Å². The zero-order valence-corrected chi connectivity index (χ0v) is 17.0. The van der Waals surface area contributed by atoms with Gasteiger partial charge in [0.25, 0.3) is 5.91 Å². The molecule has 0 N–H and O–H groups in total. The van der Waals surface area contributed by atoms with Crippen molar-refractivity contribution in [1.82, 2.24) is 4.90 Å². The van der Waals surface area contributed by atoms with Gasteiger partial charge in [0, 0.05) is 30.5 Å². The normalized spacial score (nSPS) is 18.1. The van der Waals surface area contributed by atoms with Crippen molar-refractivity contribution in [3.8, 4) is 17.2 Å². The van der Waals surface area contributed by atoms with Gasteiger partial charge in [0.15, 0.2) is 18.1 Å². The Morgan fingerprint density at radius 3 is 2.74 bits per heavy atom. The number of carbonyl (C=O) groups is 1. The maximum absolute atomic E-state index is 12.9. The highest BCUT2D eigenvalue weighted by atomic mass is 16.5. The molecule has 1 atom stereocenters. The Labute approximate surface area is 179 Å². The highest BCUT2D eigenvalue weighted by Crippen LogP contribution is 2.38. The first-order chi connectivity index (χ1) is 15.2. The van der Waals surface area contributed by atoms with Gasteiger partial charge in [0.05, 0.1) is 19.3 Å². The number of carbonyl (C=O) groups excluding carboxylic acids is 1. The Balaban J connectivity index is 1.29. The second-order valence-corrected chi connectivity index (χ2v) is 7.74. The van der Waals surface area contributed by atoms with Crippen molar-refractivity contribution in [2.24, 2.45) is 0 Å². The third kappa shape index (κ3) is 4.08. The van der Waals surface area contributed by atoms with Crippen LogP contribution >= 0.6 is 0 Å². The van der Waals surface area contributed by atoms with Gasteiger partial charge in [0.1, 0.15) is 11.3 Å². The number of rotatable bonds is 4. The molecule has 1 amide bonds. The van der Waals surface area contributed by atoms with E-state index < -0.39 is 5.63 Å². The van der Waals surface area contributed by atoms with Crippen molar-refractivity contribution in [2.75, 3.05) is 26.4 Å². The van der Waals surface area contributed by atoms with Gasteiger partial charge in [-0.1, -0.05) is 6.07 Å². The minimum Gasteiger partial charge on any atom is -0.490 e. The van der Waals surface area contributed by atoms with E-state index in [2.05, 4.69) is 0 Å². The van der Waals surface area contributed by atoms with E-state index in [-0.39, 0.29) is 18.6 Å². The number of hydrogen-bond donors (Lipinski definition) is 0. The van der Waals surface area contributed by atoms with Gasteiger partial charge in [-0.25, -0.2) is 4.79 Å². The first-order valence-corrected chi connectivity index (χ1v) is 10.5. The molecule has 3 heterocycles. The predicted octanol–water partition coefficient (Wildman–Crippen LogP) is 3.70. The van der Waals surface area contributed by atoms with Crippen LogP contribution in [-0.2, 0) is 4.79 Å². The molecule has 1 aromatic heterocycles. The van der Waals surface area contributed by atoms with Crippen LogP contribution in [-0.4, -0.2) is 37.2 Å². The van der Waals surface area contributed by atoms with Gasteiger partial charge >= 0.3 is 5.63 Å². The van der Waals surface area contributed by atoms with Crippen LogP contribution in [0.4, 0.5) is 0 Å². The monoisotopic (exact) mass is 421 g/mol. The quantitative estimate of drug-likeness (QED) is 0.598. The summed E-state index contributed by atoms with van der Waals surface area (Å²) in [6.07, 6.45) is 2.69. The molecule has 1 fully saturated rings. The summed E-state index contributed by atoms with van der Waals surface area (Å²) in [4.78, 5) is 26.2. The van der Waals surface area contributed by atoms with Gasteiger partial charge in [0.2, 0.25) is 0 Å². The largest absolute Gasteiger partial charge is 0.490 e. The third-order valence-corrected chi connectivity index (χ3v) is 5.69. The molecule has 5 rings (SSSR count). The average molecular weight is 421 g/mol.